The van der Waals surface area contributed by atoms with Crippen LogP contribution < -0.4 is 4.90 Å². The molecule has 0 saturated heterocycles. The fourth-order valence-corrected chi connectivity index (χ4v) is 3.99. The molecule has 0 saturated carbocycles. The topological polar surface area (TPSA) is 70.5 Å². The maximum absolute atomic E-state index is 13.1. The van der Waals surface area contributed by atoms with Crippen molar-refractivity contribution in [2.75, 3.05) is 4.90 Å². The van der Waals surface area contributed by atoms with Crippen molar-refractivity contribution in [3.63, 3.8) is 0 Å². The predicted molar refractivity (Wildman–Crippen MR) is 104 cm³/mol. The highest BCUT2D eigenvalue weighted by molar-refractivity contribution is 7.12. The third kappa shape index (κ3) is 3.03. The van der Waals surface area contributed by atoms with Crippen LogP contribution in [0.3, 0.4) is 0 Å². The van der Waals surface area contributed by atoms with E-state index in [0.717, 1.165) is 0 Å². The van der Waals surface area contributed by atoms with Gasteiger partial charge in [0.25, 0.3) is 5.91 Å². The number of halogens is 1. The van der Waals surface area contributed by atoms with E-state index >= 15 is 0 Å². The summed E-state index contributed by atoms with van der Waals surface area (Å²) in [7, 11) is 0. The monoisotopic (exact) mass is 396 g/mol. The SMILES string of the molecule is O=C(C1=C(O)C(=O)N(c2cccc(Cl)c2)C1c1ccncc1)c1cccs1. The van der Waals surface area contributed by atoms with Crippen LogP contribution >= 0.6 is 22.9 Å². The van der Waals surface area contributed by atoms with Gasteiger partial charge in [0, 0.05) is 23.1 Å². The zero-order valence-corrected chi connectivity index (χ0v) is 15.4. The average molecular weight is 397 g/mol. The van der Waals surface area contributed by atoms with Crippen molar-refractivity contribution in [1.29, 1.82) is 0 Å². The van der Waals surface area contributed by atoms with Gasteiger partial charge in [-0.25, -0.2) is 0 Å². The van der Waals surface area contributed by atoms with E-state index < -0.39 is 17.7 Å². The quantitative estimate of drug-likeness (QED) is 0.655. The first kappa shape index (κ1) is 17.5. The van der Waals surface area contributed by atoms with Gasteiger partial charge in [-0.2, -0.15) is 0 Å². The number of aliphatic hydroxyl groups excluding tert-OH is 1. The molecule has 27 heavy (non-hydrogen) atoms. The van der Waals surface area contributed by atoms with Gasteiger partial charge in [-0.1, -0.05) is 23.7 Å². The van der Waals surface area contributed by atoms with E-state index in [-0.39, 0.29) is 11.4 Å². The normalized spacial score (nSPS) is 16.9. The van der Waals surface area contributed by atoms with Gasteiger partial charge in [-0.15, -0.1) is 11.3 Å². The van der Waals surface area contributed by atoms with Crippen LogP contribution in [0.4, 0.5) is 5.69 Å². The molecule has 0 aliphatic carbocycles. The number of aliphatic hydroxyl groups is 1. The minimum Gasteiger partial charge on any atom is -0.503 e. The summed E-state index contributed by atoms with van der Waals surface area (Å²) in [5.41, 5.74) is 1.21. The lowest BCUT2D eigenvalue weighted by Crippen LogP contribution is -2.31. The number of anilines is 1. The van der Waals surface area contributed by atoms with Crippen molar-refractivity contribution in [3.05, 3.63) is 93.1 Å². The minimum atomic E-state index is -0.770. The number of carbonyl (C=O) groups excluding carboxylic acids is 2. The number of pyridine rings is 1. The summed E-state index contributed by atoms with van der Waals surface area (Å²) in [6.45, 7) is 0. The number of ketones is 1. The fourth-order valence-electron chi connectivity index (χ4n) is 3.13. The highest BCUT2D eigenvalue weighted by Gasteiger charge is 2.44. The Balaban J connectivity index is 1.89. The van der Waals surface area contributed by atoms with Crippen LogP contribution in [0.1, 0.15) is 21.3 Å². The molecule has 2 aromatic heterocycles. The number of hydrogen-bond acceptors (Lipinski definition) is 5. The summed E-state index contributed by atoms with van der Waals surface area (Å²) in [5.74, 6) is -1.56. The summed E-state index contributed by atoms with van der Waals surface area (Å²) >= 11 is 7.35. The second kappa shape index (κ2) is 6.98. The zero-order chi connectivity index (χ0) is 19.0. The van der Waals surface area contributed by atoms with Crippen LogP contribution in [0.15, 0.2) is 77.6 Å². The fraction of sp³-hybridized carbons (Fsp3) is 0.0500. The summed E-state index contributed by atoms with van der Waals surface area (Å²) in [5, 5.41) is 12.8. The Morgan fingerprint density at radius 2 is 1.93 bits per heavy atom. The highest BCUT2D eigenvalue weighted by Crippen LogP contribution is 2.42. The summed E-state index contributed by atoms with van der Waals surface area (Å²) in [4.78, 5) is 31.8. The maximum Gasteiger partial charge on any atom is 0.294 e. The van der Waals surface area contributed by atoms with Gasteiger partial charge < -0.3 is 5.11 Å². The number of amides is 1. The number of thiophene rings is 1. The molecule has 1 aliphatic heterocycles. The van der Waals surface area contributed by atoms with Gasteiger partial charge in [-0.3, -0.25) is 19.5 Å². The summed E-state index contributed by atoms with van der Waals surface area (Å²) in [6.07, 6.45) is 3.16. The van der Waals surface area contributed by atoms with Gasteiger partial charge in [0.2, 0.25) is 5.78 Å². The standard InChI is InChI=1S/C20H13ClN2O3S/c21-13-3-1-4-14(11-13)23-17(12-6-8-22-9-7-12)16(19(25)20(23)26)18(24)15-5-2-10-27-15/h1-11,17,25H. The van der Waals surface area contributed by atoms with Crippen LogP contribution in [0.2, 0.25) is 5.02 Å². The molecular formula is C20H13ClN2O3S. The lowest BCUT2D eigenvalue weighted by Gasteiger charge is -2.26. The average Bonchev–Trinajstić information content (AvgIpc) is 3.30. The zero-order valence-electron chi connectivity index (χ0n) is 13.9. The molecule has 0 bridgehead atoms. The number of aromatic nitrogens is 1. The highest BCUT2D eigenvalue weighted by atomic mass is 35.5. The molecule has 1 N–H and O–H groups in total. The number of Topliss-reactive ketones (excluding diaryl/α,β-unsaturated/α-hetero) is 1. The maximum atomic E-state index is 13.1. The third-order valence-electron chi connectivity index (χ3n) is 4.31. The van der Waals surface area contributed by atoms with Crippen molar-refractivity contribution >= 4 is 40.3 Å². The van der Waals surface area contributed by atoms with Crippen LogP contribution in [-0.2, 0) is 4.79 Å². The molecule has 0 radical (unpaired) electrons. The first-order chi connectivity index (χ1) is 13.1. The van der Waals surface area contributed by atoms with Crippen molar-refractivity contribution in [2.24, 2.45) is 0 Å². The smallest absolute Gasteiger partial charge is 0.294 e. The Morgan fingerprint density at radius 1 is 1.15 bits per heavy atom. The van der Waals surface area contributed by atoms with E-state index in [0.29, 0.717) is 21.2 Å². The molecule has 1 aliphatic rings. The Labute approximate surface area is 164 Å². The lowest BCUT2D eigenvalue weighted by molar-refractivity contribution is -0.117. The molecule has 0 fully saturated rings. The first-order valence-corrected chi connectivity index (χ1v) is 9.34. The van der Waals surface area contributed by atoms with E-state index in [4.69, 9.17) is 11.6 Å². The van der Waals surface area contributed by atoms with E-state index in [1.165, 1.54) is 16.2 Å². The minimum absolute atomic E-state index is 0.0497. The Morgan fingerprint density at radius 3 is 2.59 bits per heavy atom. The second-order valence-corrected chi connectivity index (χ2v) is 7.29. The first-order valence-electron chi connectivity index (χ1n) is 8.08. The van der Waals surface area contributed by atoms with Gasteiger partial charge in [-0.05, 0) is 47.3 Å². The Hall–Kier alpha value is -2.96. The van der Waals surface area contributed by atoms with E-state index in [1.807, 2.05) is 0 Å². The van der Waals surface area contributed by atoms with Crippen molar-refractivity contribution in [2.45, 2.75) is 6.04 Å². The number of carbonyl (C=O) groups is 2. The molecule has 0 spiro atoms. The van der Waals surface area contributed by atoms with Gasteiger partial charge in [0.15, 0.2) is 5.76 Å². The molecule has 1 unspecified atom stereocenters. The molecule has 7 heteroatoms. The largest absolute Gasteiger partial charge is 0.503 e. The number of nitrogens with zero attached hydrogens (tertiary/aromatic N) is 2. The van der Waals surface area contributed by atoms with Gasteiger partial charge in [0.1, 0.15) is 0 Å². The number of hydrogen-bond donors (Lipinski definition) is 1. The molecular weight excluding hydrogens is 384 g/mol. The molecule has 3 heterocycles. The molecule has 5 nitrogen and oxygen atoms in total. The van der Waals surface area contributed by atoms with Crippen molar-refractivity contribution in [1.82, 2.24) is 4.98 Å². The molecule has 1 amide bonds. The van der Waals surface area contributed by atoms with Crippen LogP contribution in [0, 0.1) is 0 Å². The third-order valence-corrected chi connectivity index (χ3v) is 5.41. The van der Waals surface area contributed by atoms with Crippen LogP contribution in [-0.4, -0.2) is 21.8 Å². The number of rotatable bonds is 4. The van der Waals surface area contributed by atoms with E-state index in [9.17, 15) is 14.7 Å². The molecule has 1 aromatic carbocycles. The van der Waals surface area contributed by atoms with Gasteiger partial charge in [0.05, 0.1) is 16.5 Å². The van der Waals surface area contributed by atoms with Crippen LogP contribution in [0.5, 0.6) is 0 Å². The number of benzene rings is 1. The second-order valence-electron chi connectivity index (χ2n) is 5.91. The van der Waals surface area contributed by atoms with Crippen LogP contribution in [0.25, 0.3) is 0 Å². The Bertz CT molecular complexity index is 1050. The van der Waals surface area contributed by atoms with Crippen molar-refractivity contribution in [3.8, 4) is 0 Å². The summed E-state index contributed by atoms with van der Waals surface area (Å²) in [6, 6.07) is 12.8. The molecule has 3 aromatic rings. The van der Waals surface area contributed by atoms with Crippen molar-refractivity contribution < 1.29 is 14.7 Å². The van der Waals surface area contributed by atoms with E-state index in [2.05, 4.69) is 4.98 Å². The summed E-state index contributed by atoms with van der Waals surface area (Å²) < 4.78 is 0. The Kier molecular flexibility index (Phi) is 4.51. The lowest BCUT2D eigenvalue weighted by atomic mass is 9.96. The predicted octanol–water partition coefficient (Wildman–Crippen LogP) is 4.58. The molecule has 134 valence electrons. The molecule has 1 atom stereocenters. The van der Waals surface area contributed by atoms with E-state index in [1.54, 1.807) is 66.3 Å². The van der Waals surface area contributed by atoms with Gasteiger partial charge >= 0.3 is 0 Å². The molecule has 4 rings (SSSR count).